The first-order valence-corrected chi connectivity index (χ1v) is 11.0. The largest absolute Gasteiger partial charge is 0.389 e. The zero-order valence-electron chi connectivity index (χ0n) is 17.0. The van der Waals surface area contributed by atoms with Gasteiger partial charge in [0.1, 0.15) is 0 Å². The molecule has 0 saturated heterocycles. The molecule has 0 fully saturated rings. The van der Waals surface area contributed by atoms with Crippen molar-refractivity contribution in [2.75, 3.05) is 6.54 Å². The molecule has 0 heterocycles. The summed E-state index contributed by atoms with van der Waals surface area (Å²) in [6.45, 7) is 4.51. The van der Waals surface area contributed by atoms with Gasteiger partial charge < -0.3 is 10.8 Å². The minimum atomic E-state index is -0.643. The van der Waals surface area contributed by atoms with Crippen LogP contribution in [0.2, 0.25) is 0 Å². The fraction of sp³-hybridized carbons (Fsp3) is 1.00. The standard InChI is InChI=1S/C22H47NO/c1-3-4-5-6-7-8-9-10-11-12-13-14-15-16-17-18-19-20-22(2,24)21-23/h24H,3-21,23H2,1-2H3. The number of rotatable bonds is 19. The Hall–Kier alpha value is -0.0800. The van der Waals surface area contributed by atoms with E-state index in [4.69, 9.17) is 5.73 Å². The molecule has 2 heteroatoms. The second kappa shape index (κ2) is 17.7. The molecule has 0 aliphatic heterocycles. The van der Waals surface area contributed by atoms with Gasteiger partial charge in [-0.05, 0) is 13.3 Å². The van der Waals surface area contributed by atoms with Crippen LogP contribution in [-0.2, 0) is 0 Å². The van der Waals surface area contributed by atoms with E-state index in [-0.39, 0.29) is 0 Å². The topological polar surface area (TPSA) is 46.2 Å². The van der Waals surface area contributed by atoms with E-state index in [0.29, 0.717) is 6.54 Å². The van der Waals surface area contributed by atoms with Gasteiger partial charge in [0.25, 0.3) is 0 Å². The van der Waals surface area contributed by atoms with Gasteiger partial charge in [-0.2, -0.15) is 0 Å². The summed E-state index contributed by atoms with van der Waals surface area (Å²) in [6, 6.07) is 0. The van der Waals surface area contributed by atoms with E-state index in [1.807, 2.05) is 6.92 Å². The summed E-state index contributed by atoms with van der Waals surface area (Å²) >= 11 is 0. The number of unbranched alkanes of at least 4 members (excludes halogenated alkanes) is 16. The van der Waals surface area contributed by atoms with Gasteiger partial charge in [-0.25, -0.2) is 0 Å². The van der Waals surface area contributed by atoms with Crippen LogP contribution in [0.1, 0.15) is 129 Å². The number of aliphatic hydroxyl groups is 1. The van der Waals surface area contributed by atoms with Crippen molar-refractivity contribution in [1.82, 2.24) is 0 Å². The monoisotopic (exact) mass is 341 g/mol. The third-order valence-corrected chi connectivity index (χ3v) is 5.26. The van der Waals surface area contributed by atoms with Crippen molar-refractivity contribution in [1.29, 1.82) is 0 Å². The van der Waals surface area contributed by atoms with Gasteiger partial charge >= 0.3 is 0 Å². The zero-order valence-corrected chi connectivity index (χ0v) is 17.0. The molecule has 0 aliphatic carbocycles. The molecule has 0 bridgehead atoms. The first-order valence-electron chi connectivity index (χ1n) is 11.0. The maximum atomic E-state index is 9.82. The van der Waals surface area contributed by atoms with Crippen LogP contribution in [0.5, 0.6) is 0 Å². The molecular formula is C22H47NO. The zero-order chi connectivity index (χ0) is 17.9. The predicted octanol–water partition coefficient (Wildman–Crippen LogP) is 6.74. The Bertz CT molecular complexity index is 240. The Kier molecular flexibility index (Phi) is 17.7. The lowest BCUT2D eigenvalue weighted by atomic mass is 9.97. The summed E-state index contributed by atoms with van der Waals surface area (Å²) in [7, 11) is 0. The number of hydrogen-bond donors (Lipinski definition) is 2. The molecule has 146 valence electrons. The van der Waals surface area contributed by atoms with Crippen molar-refractivity contribution in [3.8, 4) is 0 Å². The average Bonchev–Trinajstić information content (AvgIpc) is 2.57. The van der Waals surface area contributed by atoms with E-state index < -0.39 is 5.60 Å². The Morgan fingerprint density at radius 3 is 1.17 bits per heavy atom. The fourth-order valence-electron chi connectivity index (χ4n) is 3.33. The average molecular weight is 342 g/mol. The third kappa shape index (κ3) is 18.3. The van der Waals surface area contributed by atoms with Crippen LogP contribution in [0.25, 0.3) is 0 Å². The SMILES string of the molecule is CCCCCCCCCCCCCCCCCCCC(C)(O)CN. The molecule has 3 N–H and O–H groups in total. The van der Waals surface area contributed by atoms with Crippen LogP contribution < -0.4 is 5.73 Å². The van der Waals surface area contributed by atoms with Crippen LogP contribution in [0.3, 0.4) is 0 Å². The van der Waals surface area contributed by atoms with Crippen molar-refractivity contribution in [3.63, 3.8) is 0 Å². The molecule has 0 spiro atoms. The highest BCUT2D eigenvalue weighted by atomic mass is 16.3. The lowest BCUT2D eigenvalue weighted by Gasteiger charge is -2.20. The Balaban J connectivity index is 3.05. The molecule has 0 aromatic carbocycles. The first-order chi connectivity index (χ1) is 11.6. The summed E-state index contributed by atoms with van der Waals surface area (Å²) < 4.78 is 0. The summed E-state index contributed by atoms with van der Waals surface area (Å²) in [4.78, 5) is 0. The molecule has 24 heavy (non-hydrogen) atoms. The van der Waals surface area contributed by atoms with E-state index in [9.17, 15) is 5.11 Å². The quantitative estimate of drug-likeness (QED) is 0.256. The summed E-state index contributed by atoms with van der Waals surface area (Å²) in [6.07, 6.45) is 24.5. The number of hydrogen-bond acceptors (Lipinski definition) is 2. The molecule has 1 unspecified atom stereocenters. The minimum absolute atomic E-state index is 0.381. The van der Waals surface area contributed by atoms with Gasteiger partial charge in [-0.1, -0.05) is 116 Å². The Labute approximate surface area is 153 Å². The molecule has 0 aromatic rings. The van der Waals surface area contributed by atoms with Gasteiger partial charge in [0.2, 0.25) is 0 Å². The molecular weight excluding hydrogens is 294 g/mol. The van der Waals surface area contributed by atoms with Gasteiger partial charge in [0.05, 0.1) is 5.60 Å². The molecule has 0 aliphatic rings. The Morgan fingerprint density at radius 1 is 0.583 bits per heavy atom. The smallest absolute Gasteiger partial charge is 0.0741 e. The Morgan fingerprint density at radius 2 is 0.875 bits per heavy atom. The van der Waals surface area contributed by atoms with Crippen molar-refractivity contribution >= 4 is 0 Å². The lowest BCUT2D eigenvalue weighted by molar-refractivity contribution is 0.0571. The summed E-state index contributed by atoms with van der Waals surface area (Å²) in [5.74, 6) is 0. The molecule has 0 amide bonds. The van der Waals surface area contributed by atoms with Crippen LogP contribution in [0, 0.1) is 0 Å². The molecule has 0 radical (unpaired) electrons. The van der Waals surface area contributed by atoms with Crippen molar-refractivity contribution in [2.45, 2.75) is 135 Å². The van der Waals surface area contributed by atoms with E-state index in [2.05, 4.69) is 6.92 Å². The second-order valence-corrected chi connectivity index (χ2v) is 8.11. The maximum Gasteiger partial charge on any atom is 0.0741 e. The van der Waals surface area contributed by atoms with Crippen molar-refractivity contribution < 1.29 is 5.11 Å². The van der Waals surface area contributed by atoms with Crippen molar-refractivity contribution in [3.05, 3.63) is 0 Å². The predicted molar refractivity (Wildman–Crippen MR) is 108 cm³/mol. The highest BCUT2D eigenvalue weighted by molar-refractivity contribution is 4.72. The lowest BCUT2D eigenvalue weighted by Crippen LogP contribution is -2.33. The fourth-order valence-corrected chi connectivity index (χ4v) is 3.33. The summed E-state index contributed by atoms with van der Waals surface area (Å²) in [5.41, 5.74) is 4.88. The molecule has 0 aromatic heterocycles. The van der Waals surface area contributed by atoms with Crippen LogP contribution in [0.4, 0.5) is 0 Å². The minimum Gasteiger partial charge on any atom is -0.389 e. The van der Waals surface area contributed by atoms with Gasteiger partial charge in [-0.3, -0.25) is 0 Å². The van der Waals surface area contributed by atoms with E-state index in [0.717, 1.165) is 12.8 Å². The molecule has 1 atom stereocenters. The van der Waals surface area contributed by atoms with Gasteiger partial charge in [0, 0.05) is 6.54 Å². The maximum absolute atomic E-state index is 9.82. The van der Waals surface area contributed by atoms with E-state index in [1.165, 1.54) is 103 Å². The third-order valence-electron chi connectivity index (χ3n) is 5.26. The van der Waals surface area contributed by atoms with E-state index >= 15 is 0 Å². The van der Waals surface area contributed by atoms with E-state index in [1.54, 1.807) is 0 Å². The molecule has 0 saturated carbocycles. The molecule has 0 rings (SSSR count). The highest BCUT2D eigenvalue weighted by Gasteiger charge is 2.16. The second-order valence-electron chi connectivity index (χ2n) is 8.11. The normalized spacial score (nSPS) is 14.0. The van der Waals surface area contributed by atoms with Gasteiger partial charge in [-0.15, -0.1) is 0 Å². The van der Waals surface area contributed by atoms with Crippen LogP contribution >= 0.6 is 0 Å². The highest BCUT2D eigenvalue weighted by Crippen LogP contribution is 2.16. The van der Waals surface area contributed by atoms with Crippen LogP contribution in [0.15, 0.2) is 0 Å². The van der Waals surface area contributed by atoms with Gasteiger partial charge in [0.15, 0.2) is 0 Å². The summed E-state index contributed by atoms with van der Waals surface area (Å²) in [5, 5.41) is 9.82. The van der Waals surface area contributed by atoms with Crippen molar-refractivity contribution in [2.24, 2.45) is 5.73 Å². The first kappa shape index (κ1) is 23.9. The molecule has 2 nitrogen and oxygen atoms in total. The number of nitrogens with two attached hydrogens (primary N) is 1. The van der Waals surface area contributed by atoms with Crippen LogP contribution in [-0.4, -0.2) is 17.3 Å².